The molecule has 4 heteroatoms. The van der Waals surface area contributed by atoms with E-state index in [0.717, 1.165) is 10.2 Å². The topological polar surface area (TPSA) is 34.1 Å². The highest BCUT2D eigenvalue weighted by Gasteiger charge is 2.23. The maximum atomic E-state index is 5.34. The van der Waals surface area contributed by atoms with Crippen molar-refractivity contribution < 1.29 is 4.74 Å². The predicted molar refractivity (Wildman–Crippen MR) is 93.6 cm³/mol. The molecule has 1 aliphatic carbocycles. The zero-order chi connectivity index (χ0) is 15.4. The maximum absolute atomic E-state index is 5.34. The van der Waals surface area contributed by atoms with Gasteiger partial charge in [-0.1, -0.05) is 30.3 Å². The van der Waals surface area contributed by atoms with Gasteiger partial charge in [-0.2, -0.15) is 0 Å². The molecule has 0 bridgehead atoms. The molecule has 0 unspecified atom stereocenters. The van der Waals surface area contributed by atoms with Crippen LogP contribution in [0.3, 0.4) is 0 Å². The molecular formula is C18H21BrN2O. The summed E-state index contributed by atoms with van der Waals surface area (Å²) in [7, 11) is 1.66. The molecule has 0 aliphatic heterocycles. The Morgan fingerprint density at radius 1 is 1.14 bits per heavy atom. The highest BCUT2D eigenvalue weighted by Crippen LogP contribution is 2.35. The van der Waals surface area contributed by atoms with Crippen LogP contribution in [0.25, 0.3) is 0 Å². The van der Waals surface area contributed by atoms with Gasteiger partial charge in [0.15, 0.2) is 0 Å². The molecule has 0 amide bonds. The molecule has 1 N–H and O–H groups in total. The number of nitrogens with one attached hydrogen (secondary N) is 1. The second-order valence-electron chi connectivity index (χ2n) is 5.81. The van der Waals surface area contributed by atoms with Crippen molar-refractivity contribution in [2.45, 2.75) is 37.6 Å². The first-order chi connectivity index (χ1) is 10.8. The smallest absolute Gasteiger partial charge is 0.237 e. The molecule has 0 saturated heterocycles. The van der Waals surface area contributed by atoms with E-state index >= 15 is 0 Å². The number of rotatable bonds is 4. The molecule has 1 fully saturated rings. The SMILES string of the molecule is COc1ncc(Br)cc1N[C@H]1CC[C@H](c2ccccc2)CC1. The number of hydrogen-bond acceptors (Lipinski definition) is 3. The highest BCUT2D eigenvalue weighted by molar-refractivity contribution is 9.10. The van der Waals surface area contributed by atoms with Crippen LogP contribution in [-0.2, 0) is 0 Å². The Balaban J connectivity index is 1.62. The van der Waals surface area contributed by atoms with Crippen molar-refractivity contribution in [3.05, 3.63) is 52.6 Å². The Kier molecular flexibility index (Phi) is 4.98. The van der Waals surface area contributed by atoms with Crippen LogP contribution in [0.1, 0.15) is 37.2 Å². The summed E-state index contributed by atoms with van der Waals surface area (Å²) < 4.78 is 6.30. The van der Waals surface area contributed by atoms with Crippen LogP contribution in [0.4, 0.5) is 5.69 Å². The number of ether oxygens (including phenoxy) is 1. The largest absolute Gasteiger partial charge is 0.480 e. The third kappa shape index (κ3) is 3.61. The van der Waals surface area contributed by atoms with Crippen LogP contribution in [0, 0.1) is 0 Å². The molecular weight excluding hydrogens is 340 g/mol. The van der Waals surface area contributed by atoms with Crippen LogP contribution < -0.4 is 10.1 Å². The van der Waals surface area contributed by atoms with Crippen molar-refractivity contribution in [3.8, 4) is 5.88 Å². The lowest BCUT2D eigenvalue weighted by molar-refractivity contribution is 0.392. The quantitative estimate of drug-likeness (QED) is 0.833. The molecule has 1 aromatic carbocycles. The third-order valence-corrected chi connectivity index (χ3v) is 4.80. The fourth-order valence-corrected chi connectivity index (χ4v) is 3.54. The summed E-state index contributed by atoms with van der Waals surface area (Å²) in [6.45, 7) is 0. The summed E-state index contributed by atoms with van der Waals surface area (Å²) in [4.78, 5) is 4.29. The van der Waals surface area contributed by atoms with Gasteiger partial charge in [-0.25, -0.2) is 4.98 Å². The van der Waals surface area contributed by atoms with Gasteiger partial charge in [-0.3, -0.25) is 0 Å². The number of anilines is 1. The molecule has 1 heterocycles. The first-order valence-corrected chi connectivity index (χ1v) is 8.56. The van der Waals surface area contributed by atoms with Gasteiger partial charge in [0, 0.05) is 16.7 Å². The molecule has 22 heavy (non-hydrogen) atoms. The number of halogens is 1. The van der Waals surface area contributed by atoms with E-state index < -0.39 is 0 Å². The fourth-order valence-electron chi connectivity index (χ4n) is 3.21. The first kappa shape index (κ1) is 15.3. The van der Waals surface area contributed by atoms with Crippen LogP contribution in [0.2, 0.25) is 0 Å². The molecule has 1 aliphatic rings. The molecule has 1 aromatic heterocycles. The summed E-state index contributed by atoms with van der Waals surface area (Å²) in [6, 6.07) is 13.4. The Labute approximate surface area is 140 Å². The van der Waals surface area contributed by atoms with E-state index in [1.165, 1.54) is 31.2 Å². The van der Waals surface area contributed by atoms with Crippen molar-refractivity contribution in [1.82, 2.24) is 4.98 Å². The lowest BCUT2D eigenvalue weighted by atomic mass is 9.82. The van der Waals surface area contributed by atoms with Crippen molar-refractivity contribution >= 4 is 21.6 Å². The summed E-state index contributed by atoms with van der Waals surface area (Å²) in [6.07, 6.45) is 6.57. The van der Waals surface area contributed by atoms with Gasteiger partial charge in [0.1, 0.15) is 0 Å². The van der Waals surface area contributed by atoms with Gasteiger partial charge in [-0.15, -0.1) is 0 Å². The van der Waals surface area contributed by atoms with Gasteiger partial charge in [0.25, 0.3) is 0 Å². The van der Waals surface area contributed by atoms with Crippen molar-refractivity contribution in [2.24, 2.45) is 0 Å². The number of aromatic nitrogens is 1. The van der Waals surface area contributed by atoms with E-state index in [1.807, 2.05) is 6.07 Å². The molecule has 0 radical (unpaired) electrons. The average Bonchev–Trinajstić information content (AvgIpc) is 2.57. The molecule has 0 spiro atoms. The molecule has 0 atom stereocenters. The minimum atomic E-state index is 0.491. The normalized spacial score (nSPS) is 21.4. The molecule has 2 aromatic rings. The third-order valence-electron chi connectivity index (χ3n) is 4.37. The number of pyridine rings is 1. The minimum absolute atomic E-state index is 0.491. The van der Waals surface area contributed by atoms with E-state index in [0.29, 0.717) is 17.8 Å². The van der Waals surface area contributed by atoms with Gasteiger partial charge in [-0.05, 0) is 59.2 Å². The molecule has 1 saturated carbocycles. The van der Waals surface area contributed by atoms with Gasteiger partial charge >= 0.3 is 0 Å². The summed E-state index contributed by atoms with van der Waals surface area (Å²) in [5.41, 5.74) is 2.45. The Bertz CT molecular complexity index is 610. The van der Waals surface area contributed by atoms with E-state index in [1.54, 1.807) is 13.3 Å². The average molecular weight is 361 g/mol. The predicted octanol–water partition coefficient (Wildman–Crippen LogP) is 4.99. The Morgan fingerprint density at radius 3 is 2.55 bits per heavy atom. The fraction of sp³-hybridized carbons (Fsp3) is 0.389. The monoisotopic (exact) mass is 360 g/mol. The Hall–Kier alpha value is -1.55. The van der Waals surface area contributed by atoms with E-state index in [2.05, 4.69) is 56.6 Å². The second kappa shape index (κ2) is 7.14. The number of benzene rings is 1. The summed E-state index contributed by atoms with van der Waals surface area (Å²) in [5.74, 6) is 1.36. The van der Waals surface area contributed by atoms with Crippen LogP contribution >= 0.6 is 15.9 Å². The van der Waals surface area contributed by atoms with Crippen LogP contribution in [0.5, 0.6) is 5.88 Å². The maximum Gasteiger partial charge on any atom is 0.237 e. The molecule has 3 nitrogen and oxygen atoms in total. The van der Waals surface area contributed by atoms with Crippen molar-refractivity contribution in [1.29, 1.82) is 0 Å². The van der Waals surface area contributed by atoms with Crippen molar-refractivity contribution in [2.75, 3.05) is 12.4 Å². The number of nitrogens with zero attached hydrogens (tertiary/aromatic N) is 1. The van der Waals surface area contributed by atoms with Gasteiger partial charge in [0.05, 0.1) is 12.8 Å². The Morgan fingerprint density at radius 2 is 1.86 bits per heavy atom. The number of methoxy groups -OCH3 is 1. The zero-order valence-electron chi connectivity index (χ0n) is 12.8. The van der Waals surface area contributed by atoms with Crippen LogP contribution in [0.15, 0.2) is 47.1 Å². The van der Waals surface area contributed by atoms with Gasteiger partial charge < -0.3 is 10.1 Å². The molecule has 116 valence electrons. The summed E-state index contributed by atoms with van der Waals surface area (Å²) >= 11 is 3.47. The zero-order valence-corrected chi connectivity index (χ0v) is 14.3. The minimum Gasteiger partial charge on any atom is -0.480 e. The lowest BCUT2D eigenvalue weighted by Crippen LogP contribution is -2.25. The van der Waals surface area contributed by atoms with Gasteiger partial charge in [0.2, 0.25) is 5.88 Å². The number of hydrogen-bond donors (Lipinski definition) is 1. The van der Waals surface area contributed by atoms with E-state index in [9.17, 15) is 0 Å². The highest BCUT2D eigenvalue weighted by atomic mass is 79.9. The molecule has 3 rings (SSSR count). The summed E-state index contributed by atoms with van der Waals surface area (Å²) in [5, 5.41) is 3.60. The second-order valence-corrected chi connectivity index (χ2v) is 6.73. The lowest BCUT2D eigenvalue weighted by Gasteiger charge is -2.30. The standard InChI is InChI=1S/C18H21BrN2O/c1-22-18-17(11-15(19)12-20-18)21-16-9-7-14(8-10-16)13-5-3-2-4-6-13/h2-6,11-12,14,16,21H,7-10H2,1H3/t14-,16-. The van der Waals surface area contributed by atoms with E-state index in [4.69, 9.17) is 4.74 Å². The van der Waals surface area contributed by atoms with Crippen LogP contribution in [-0.4, -0.2) is 18.1 Å². The first-order valence-electron chi connectivity index (χ1n) is 7.77. The van der Waals surface area contributed by atoms with Crippen molar-refractivity contribution in [3.63, 3.8) is 0 Å². The van der Waals surface area contributed by atoms with E-state index in [-0.39, 0.29) is 0 Å².